The van der Waals surface area contributed by atoms with Gasteiger partial charge in [0.15, 0.2) is 5.78 Å². The molecule has 0 N–H and O–H groups in total. The van der Waals surface area contributed by atoms with Crippen LogP contribution >= 0.6 is 0 Å². The van der Waals surface area contributed by atoms with Gasteiger partial charge in [0.1, 0.15) is 11.4 Å². The molecule has 0 fully saturated rings. The number of nitrogens with zero attached hydrogens (tertiary/aromatic N) is 2. The average Bonchev–Trinajstić information content (AvgIpc) is 2.69. The molecule has 1 aliphatic rings. The van der Waals surface area contributed by atoms with E-state index in [2.05, 4.69) is 9.97 Å². The summed E-state index contributed by atoms with van der Waals surface area (Å²) in [7, 11) is 3.04. The van der Waals surface area contributed by atoms with E-state index in [-0.39, 0.29) is 23.0 Å². The van der Waals surface area contributed by atoms with E-state index in [0.717, 1.165) is 35.1 Å². The Labute approximate surface area is 165 Å². The molecule has 0 unspecified atom stereocenters. The highest BCUT2D eigenvalue weighted by atomic mass is 16.5. The van der Waals surface area contributed by atoms with Gasteiger partial charge in [-0.1, -0.05) is 26.7 Å². The standard InChI is InChI=1S/C22H26N2O4/c1-7-9-13-11(3)21(27-5)23-17-15(13)19(25)16-14(10-8-2)12(4)22(28-6)24-18(16)20(17)26/h7-10H2,1-6H3. The summed E-state index contributed by atoms with van der Waals surface area (Å²) in [6.45, 7) is 7.85. The van der Waals surface area contributed by atoms with E-state index >= 15 is 0 Å². The van der Waals surface area contributed by atoms with Crippen LogP contribution in [0, 0.1) is 13.8 Å². The van der Waals surface area contributed by atoms with Crippen molar-refractivity contribution in [3.8, 4) is 11.8 Å². The number of hydrogen-bond acceptors (Lipinski definition) is 6. The smallest absolute Gasteiger partial charge is 0.231 e. The van der Waals surface area contributed by atoms with E-state index in [1.807, 2.05) is 27.7 Å². The lowest BCUT2D eigenvalue weighted by molar-refractivity contribution is 0.0968. The molecule has 0 bridgehead atoms. The molecule has 3 rings (SSSR count). The largest absolute Gasteiger partial charge is 0.481 e. The lowest BCUT2D eigenvalue weighted by Crippen LogP contribution is -2.28. The van der Waals surface area contributed by atoms with Gasteiger partial charge >= 0.3 is 0 Å². The van der Waals surface area contributed by atoms with E-state index in [1.54, 1.807) is 0 Å². The minimum absolute atomic E-state index is 0.129. The fourth-order valence-electron chi connectivity index (χ4n) is 3.98. The molecule has 1 aliphatic carbocycles. The Kier molecular flexibility index (Phi) is 5.49. The maximum absolute atomic E-state index is 13.6. The van der Waals surface area contributed by atoms with Crippen LogP contribution in [0.1, 0.15) is 81.0 Å². The van der Waals surface area contributed by atoms with Crippen molar-refractivity contribution in [2.75, 3.05) is 14.2 Å². The predicted octanol–water partition coefficient (Wildman–Crippen LogP) is 3.79. The second kappa shape index (κ2) is 7.70. The van der Waals surface area contributed by atoms with Crippen molar-refractivity contribution >= 4 is 11.6 Å². The summed E-state index contributed by atoms with van der Waals surface area (Å²) < 4.78 is 10.8. The fraction of sp³-hybridized carbons (Fsp3) is 0.455. The number of aromatic nitrogens is 2. The van der Waals surface area contributed by atoms with Crippen molar-refractivity contribution in [3.63, 3.8) is 0 Å². The maximum Gasteiger partial charge on any atom is 0.231 e. The summed E-state index contributed by atoms with van der Waals surface area (Å²) in [5.41, 5.74) is 4.36. The summed E-state index contributed by atoms with van der Waals surface area (Å²) in [5.74, 6) is 0.225. The van der Waals surface area contributed by atoms with Crippen LogP contribution in [-0.2, 0) is 12.8 Å². The van der Waals surface area contributed by atoms with Crippen molar-refractivity contribution in [1.29, 1.82) is 0 Å². The number of carbonyl (C=O) groups excluding carboxylic acids is 2. The summed E-state index contributed by atoms with van der Waals surface area (Å²) >= 11 is 0. The van der Waals surface area contributed by atoms with Gasteiger partial charge in [0.2, 0.25) is 17.5 Å². The quantitative estimate of drug-likeness (QED) is 0.645. The van der Waals surface area contributed by atoms with Crippen LogP contribution in [0.3, 0.4) is 0 Å². The number of hydrogen-bond donors (Lipinski definition) is 0. The van der Waals surface area contributed by atoms with E-state index in [4.69, 9.17) is 9.47 Å². The molecule has 6 nitrogen and oxygen atoms in total. The highest BCUT2D eigenvalue weighted by Gasteiger charge is 2.38. The second-order valence-electron chi connectivity index (χ2n) is 7.05. The Morgan fingerprint density at radius 1 is 0.714 bits per heavy atom. The van der Waals surface area contributed by atoms with Crippen LogP contribution in [0.2, 0.25) is 0 Å². The molecular weight excluding hydrogens is 356 g/mol. The van der Waals surface area contributed by atoms with Crippen molar-refractivity contribution in [3.05, 3.63) is 44.8 Å². The van der Waals surface area contributed by atoms with Crippen LogP contribution in [0.15, 0.2) is 0 Å². The zero-order valence-corrected chi connectivity index (χ0v) is 17.4. The number of ketones is 2. The SMILES string of the molecule is CCCc1c(C)c(OC)nc2c1C(=O)c1c(nc(OC)c(C)c1CCC)C2=O. The van der Waals surface area contributed by atoms with Crippen molar-refractivity contribution < 1.29 is 19.1 Å². The lowest BCUT2D eigenvalue weighted by Gasteiger charge is -2.25. The summed E-state index contributed by atoms with van der Waals surface area (Å²) in [6, 6.07) is 0. The van der Waals surface area contributed by atoms with Gasteiger partial charge < -0.3 is 9.47 Å². The highest BCUT2D eigenvalue weighted by molar-refractivity contribution is 6.28. The molecule has 6 heteroatoms. The fourth-order valence-corrected chi connectivity index (χ4v) is 3.98. The van der Waals surface area contributed by atoms with Gasteiger partial charge in [-0.15, -0.1) is 0 Å². The molecule has 148 valence electrons. The molecular formula is C22H26N2O4. The molecule has 0 saturated carbocycles. The number of pyridine rings is 2. The molecule has 28 heavy (non-hydrogen) atoms. The molecule has 0 aliphatic heterocycles. The molecule has 2 aromatic heterocycles. The third-order valence-electron chi connectivity index (χ3n) is 5.32. The Hall–Kier alpha value is -2.76. The first-order valence-corrected chi connectivity index (χ1v) is 9.65. The zero-order chi connectivity index (χ0) is 20.6. The van der Waals surface area contributed by atoms with E-state index in [1.165, 1.54) is 14.2 Å². The number of ether oxygens (including phenoxy) is 2. The van der Waals surface area contributed by atoms with Gasteiger partial charge in [0.25, 0.3) is 0 Å². The topological polar surface area (TPSA) is 78.4 Å². The number of fused-ring (bicyclic) bond motifs is 2. The first kappa shape index (κ1) is 20.0. The zero-order valence-electron chi connectivity index (χ0n) is 17.4. The average molecular weight is 382 g/mol. The predicted molar refractivity (Wildman–Crippen MR) is 106 cm³/mol. The monoisotopic (exact) mass is 382 g/mol. The Bertz CT molecular complexity index is 904. The van der Waals surface area contributed by atoms with Gasteiger partial charge in [0, 0.05) is 11.1 Å². The molecule has 0 spiro atoms. The van der Waals surface area contributed by atoms with Gasteiger partial charge in [0.05, 0.1) is 25.3 Å². The minimum atomic E-state index is -0.351. The maximum atomic E-state index is 13.6. The third kappa shape index (κ3) is 2.87. The highest BCUT2D eigenvalue weighted by Crippen LogP contribution is 2.37. The summed E-state index contributed by atoms with van der Waals surface area (Å²) in [4.78, 5) is 35.7. The first-order chi connectivity index (χ1) is 13.4. The van der Waals surface area contributed by atoms with Gasteiger partial charge in [-0.05, 0) is 37.8 Å². The third-order valence-corrected chi connectivity index (χ3v) is 5.32. The van der Waals surface area contributed by atoms with Crippen LogP contribution in [0.4, 0.5) is 0 Å². The van der Waals surface area contributed by atoms with E-state index in [0.29, 0.717) is 35.7 Å². The number of methoxy groups -OCH3 is 2. The lowest BCUT2D eigenvalue weighted by atomic mass is 9.81. The summed E-state index contributed by atoms with van der Waals surface area (Å²) in [6.07, 6.45) is 3.03. The van der Waals surface area contributed by atoms with Crippen LogP contribution in [0.25, 0.3) is 0 Å². The minimum Gasteiger partial charge on any atom is -0.481 e. The summed E-state index contributed by atoms with van der Waals surface area (Å²) in [5, 5.41) is 0. The normalized spacial score (nSPS) is 12.6. The second-order valence-corrected chi connectivity index (χ2v) is 7.05. The van der Waals surface area contributed by atoms with Gasteiger partial charge in [-0.2, -0.15) is 0 Å². The molecule has 0 aromatic carbocycles. The molecule has 0 atom stereocenters. The van der Waals surface area contributed by atoms with Crippen LogP contribution in [0.5, 0.6) is 11.8 Å². The van der Waals surface area contributed by atoms with Crippen molar-refractivity contribution in [2.24, 2.45) is 0 Å². The first-order valence-electron chi connectivity index (χ1n) is 9.65. The van der Waals surface area contributed by atoms with Crippen LogP contribution in [-0.4, -0.2) is 35.8 Å². The van der Waals surface area contributed by atoms with Gasteiger partial charge in [-0.3, -0.25) is 9.59 Å². The molecule has 0 amide bonds. The molecule has 0 radical (unpaired) electrons. The number of carbonyl (C=O) groups is 2. The van der Waals surface area contributed by atoms with Crippen molar-refractivity contribution in [1.82, 2.24) is 9.97 Å². The molecule has 2 heterocycles. The van der Waals surface area contributed by atoms with Crippen molar-refractivity contribution in [2.45, 2.75) is 53.4 Å². The van der Waals surface area contributed by atoms with E-state index in [9.17, 15) is 9.59 Å². The van der Waals surface area contributed by atoms with E-state index < -0.39 is 0 Å². The molecule has 2 aromatic rings. The van der Waals surface area contributed by atoms with Crippen LogP contribution < -0.4 is 9.47 Å². The Morgan fingerprint density at radius 3 is 1.43 bits per heavy atom. The Balaban J connectivity index is 2.39. The molecule has 0 saturated heterocycles. The Morgan fingerprint density at radius 2 is 1.11 bits per heavy atom. The number of rotatable bonds is 6. The van der Waals surface area contributed by atoms with Gasteiger partial charge in [-0.25, -0.2) is 9.97 Å².